The van der Waals surface area contributed by atoms with Crippen molar-refractivity contribution in [3.05, 3.63) is 0 Å². The molecule has 142 valence electrons. The van der Waals surface area contributed by atoms with E-state index in [1.54, 1.807) is 0 Å². The van der Waals surface area contributed by atoms with Gasteiger partial charge in [-0.1, -0.05) is 0 Å². The molecule has 1 unspecified atom stereocenters. The molecule has 0 heterocycles. The van der Waals surface area contributed by atoms with Crippen LogP contribution in [0.1, 0.15) is 46.5 Å². The molecule has 0 aliphatic carbocycles. The van der Waals surface area contributed by atoms with Gasteiger partial charge in [0, 0.05) is 63.1 Å². The van der Waals surface area contributed by atoms with E-state index in [0.29, 0.717) is 6.42 Å². The van der Waals surface area contributed by atoms with Crippen LogP contribution < -0.4 is 5.32 Å². The first kappa shape index (κ1) is 23.1. The maximum absolute atomic E-state index is 12.4. The summed E-state index contributed by atoms with van der Waals surface area (Å²) in [6.07, 6.45) is 0.602. The van der Waals surface area contributed by atoms with Gasteiger partial charge in [0.05, 0.1) is 6.04 Å². The molecule has 0 saturated heterocycles. The molecule has 0 fully saturated rings. The van der Waals surface area contributed by atoms with Gasteiger partial charge >= 0.3 is 0 Å². The van der Waals surface area contributed by atoms with Gasteiger partial charge in [0.25, 0.3) is 0 Å². The second kappa shape index (κ2) is 11.7. The molecule has 5 N–H and O–H groups in total. The molecule has 0 aromatic heterocycles. The molecule has 0 aromatic rings. The van der Waals surface area contributed by atoms with Gasteiger partial charge < -0.3 is 25.7 Å². The first-order valence-corrected chi connectivity index (χ1v) is 8.42. The Labute approximate surface area is 144 Å². The van der Waals surface area contributed by atoms with Crippen molar-refractivity contribution in [1.29, 1.82) is 0 Å². The summed E-state index contributed by atoms with van der Waals surface area (Å²) in [6, 6.07) is -0.545. The van der Waals surface area contributed by atoms with Gasteiger partial charge in [-0.2, -0.15) is 0 Å². The van der Waals surface area contributed by atoms with E-state index in [1.807, 2.05) is 20.8 Å². The van der Waals surface area contributed by atoms with Crippen LogP contribution >= 0.6 is 0 Å². The zero-order valence-corrected chi connectivity index (χ0v) is 15.0. The van der Waals surface area contributed by atoms with E-state index >= 15 is 0 Å². The van der Waals surface area contributed by atoms with Crippen molar-refractivity contribution < 1.29 is 30.0 Å². The second-order valence-electron chi connectivity index (χ2n) is 7.36. The first-order valence-electron chi connectivity index (χ1n) is 8.42. The lowest BCUT2D eigenvalue weighted by Gasteiger charge is -2.28. The highest BCUT2D eigenvalue weighted by Gasteiger charge is 2.26. The molecule has 0 rings (SSSR count). The highest BCUT2D eigenvalue weighted by molar-refractivity contribution is 5.85. The maximum atomic E-state index is 12.4. The van der Waals surface area contributed by atoms with E-state index in [-0.39, 0.29) is 62.8 Å². The SMILES string of the molecule is CC(C)(C)NC(CCC(=O)CC(CO)CO)C(=O)CC(CO)CO. The summed E-state index contributed by atoms with van der Waals surface area (Å²) >= 11 is 0. The molecule has 0 amide bonds. The van der Waals surface area contributed by atoms with E-state index in [4.69, 9.17) is 20.4 Å². The zero-order chi connectivity index (χ0) is 18.8. The van der Waals surface area contributed by atoms with Crippen LogP contribution in [0.3, 0.4) is 0 Å². The Hall–Kier alpha value is -0.860. The molecule has 0 bridgehead atoms. The smallest absolute Gasteiger partial charge is 0.150 e. The van der Waals surface area contributed by atoms with Crippen LogP contribution in [0.4, 0.5) is 0 Å². The fourth-order valence-electron chi connectivity index (χ4n) is 2.37. The van der Waals surface area contributed by atoms with Gasteiger partial charge in [-0.25, -0.2) is 0 Å². The average Bonchev–Trinajstić information content (AvgIpc) is 2.52. The molecule has 0 aliphatic rings. The van der Waals surface area contributed by atoms with Crippen molar-refractivity contribution in [3.63, 3.8) is 0 Å². The van der Waals surface area contributed by atoms with Gasteiger partial charge in [0.2, 0.25) is 0 Å². The molecule has 0 spiro atoms. The summed E-state index contributed by atoms with van der Waals surface area (Å²) in [6.45, 7) is 4.71. The Morgan fingerprint density at radius 1 is 0.875 bits per heavy atom. The van der Waals surface area contributed by atoms with Gasteiger partial charge in [0.15, 0.2) is 0 Å². The van der Waals surface area contributed by atoms with Crippen molar-refractivity contribution in [2.75, 3.05) is 26.4 Å². The number of aliphatic hydroxyl groups excluding tert-OH is 4. The lowest BCUT2D eigenvalue weighted by molar-refractivity contribution is -0.124. The van der Waals surface area contributed by atoms with Gasteiger partial charge in [-0.15, -0.1) is 0 Å². The molecule has 0 aromatic carbocycles. The van der Waals surface area contributed by atoms with E-state index < -0.39 is 17.9 Å². The fraction of sp³-hybridized carbons (Fsp3) is 0.882. The minimum Gasteiger partial charge on any atom is -0.396 e. The fourth-order valence-corrected chi connectivity index (χ4v) is 2.37. The number of carbonyl (C=O) groups is 2. The normalized spacial score (nSPS) is 13.5. The second-order valence-corrected chi connectivity index (χ2v) is 7.36. The largest absolute Gasteiger partial charge is 0.396 e. The predicted molar refractivity (Wildman–Crippen MR) is 90.5 cm³/mol. The maximum Gasteiger partial charge on any atom is 0.150 e. The zero-order valence-electron chi connectivity index (χ0n) is 15.0. The number of Topliss-reactive ketones (excluding diaryl/α,β-unsaturated/α-hetero) is 2. The molecule has 7 heteroatoms. The summed E-state index contributed by atoms with van der Waals surface area (Å²) in [7, 11) is 0. The van der Waals surface area contributed by atoms with Crippen LogP contribution in [0, 0.1) is 11.8 Å². The van der Waals surface area contributed by atoms with Crippen LogP contribution in [0.5, 0.6) is 0 Å². The Morgan fingerprint density at radius 3 is 1.75 bits per heavy atom. The molecular formula is C17H33NO6. The molecule has 0 aliphatic heterocycles. The Morgan fingerprint density at radius 2 is 1.33 bits per heavy atom. The van der Waals surface area contributed by atoms with Crippen LogP contribution in [0.2, 0.25) is 0 Å². The summed E-state index contributed by atoms with van der Waals surface area (Å²) < 4.78 is 0. The third kappa shape index (κ3) is 10.1. The number of rotatable bonds is 13. The lowest BCUT2D eigenvalue weighted by Crippen LogP contribution is -2.48. The van der Waals surface area contributed by atoms with Crippen LogP contribution in [-0.2, 0) is 9.59 Å². The number of hydrogen-bond donors (Lipinski definition) is 5. The standard InChI is InChI=1S/C17H33NO6/c1-17(2,3)18-15(16(24)7-13(10-21)11-22)5-4-14(23)6-12(8-19)9-20/h12-13,15,18-22H,4-11H2,1-3H3. The predicted octanol–water partition coefficient (Wildman–Crippen LogP) is -0.357. The van der Waals surface area contributed by atoms with E-state index in [1.165, 1.54) is 0 Å². The quantitative estimate of drug-likeness (QED) is 0.308. The number of aliphatic hydroxyl groups is 4. The third-order valence-electron chi connectivity index (χ3n) is 3.75. The van der Waals surface area contributed by atoms with Gasteiger partial charge in [-0.05, 0) is 27.2 Å². The summed E-state index contributed by atoms with van der Waals surface area (Å²) in [5, 5.41) is 39.5. The Kier molecular flexibility index (Phi) is 11.2. The van der Waals surface area contributed by atoms with Crippen molar-refractivity contribution >= 4 is 11.6 Å². The Bertz CT molecular complexity index is 372. The first-order chi connectivity index (χ1) is 11.2. The van der Waals surface area contributed by atoms with Crippen molar-refractivity contribution in [1.82, 2.24) is 5.32 Å². The van der Waals surface area contributed by atoms with Crippen LogP contribution in [0.25, 0.3) is 0 Å². The topological polar surface area (TPSA) is 127 Å². The van der Waals surface area contributed by atoms with E-state index in [0.717, 1.165) is 0 Å². The monoisotopic (exact) mass is 347 g/mol. The highest BCUT2D eigenvalue weighted by Crippen LogP contribution is 2.14. The summed E-state index contributed by atoms with van der Waals surface area (Å²) in [5.41, 5.74) is -0.323. The number of carbonyl (C=O) groups excluding carboxylic acids is 2. The van der Waals surface area contributed by atoms with Crippen LogP contribution in [0.15, 0.2) is 0 Å². The molecule has 0 saturated carbocycles. The summed E-state index contributed by atoms with van der Waals surface area (Å²) in [5.74, 6) is -1.22. The van der Waals surface area contributed by atoms with Crippen LogP contribution in [-0.4, -0.2) is 70.0 Å². The average molecular weight is 347 g/mol. The molecule has 0 radical (unpaired) electrons. The van der Waals surface area contributed by atoms with E-state index in [9.17, 15) is 9.59 Å². The minimum absolute atomic E-state index is 0.0465. The number of nitrogens with one attached hydrogen (secondary N) is 1. The molecule has 24 heavy (non-hydrogen) atoms. The summed E-state index contributed by atoms with van der Waals surface area (Å²) in [4.78, 5) is 24.4. The lowest BCUT2D eigenvalue weighted by atomic mass is 9.93. The van der Waals surface area contributed by atoms with Gasteiger partial charge in [-0.3, -0.25) is 9.59 Å². The van der Waals surface area contributed by atoms with E-state index in [2.05, 4.69) is 5.32 Å². The molecular weight excluding hydrogens is 314 g/mol. The van der Waals surface area contributed by atoms with Gasteiger partial charge in [0.1, 0.15) is 11.6 Å². The number of hydrogen-bond acceptors (Lipinski definition) is 7. The minimum atomic E-state index is -0.545. The third-order valence-corrected chi connectivity index (χ3v) is 3.75. The van der Waals surface area contributed by atoms with Crippen molar-refractivity contribution in [3.8, 4) is 0 Å². The molecule has 1 atom stereocenters. The highest BCUT2D eigenvalue weighted by atomic mass is 16.3. The molecule has 7 nitrogen and oxygen atoms in total. The van der Waals surface area contributed by atoms with Crippen molar-refractivity contribution in [2.45, 2.75) is 58.0 Å². The number of ketones is 2. The Balaban J connectivity index is 4.72. The van der Waals surface area contributed by atoms with Crippen molar-refractivity contribution in [2.24, 2.45) is 11.8 Å².